The Kier molecular flexibility index (Phi) is 5.37. The number of hydrogen-bond acceptors (Lipinski definition) is 4. The van der Waals surface area contributed by atoms with Crippen LogP contribution in [-0.2, 0) is 9.53 Å². The van der Waals surface area contributed by atoms with Crippen molar-refractivity contribution < 1.29 is 13.9 Å². The van der Waals surface area contributed by atoms with E-state index < -0.39 is 11.5 Å². The van der Waals surface area contributed by atoms with E-state index in [1.54, 1.807) is 11.8 Å². The lowest BCUT2D eigenvalue weighted by Gasteiger charge is -2.32. The van der Waals surface area contributed by atoms with E-state index in [4.69, 9.17) is 16.3 Å². The maximum absolute atomic E-state index is 13.4. The van der Waals surface area contributed by atoms with E-state index >= 15 is 0 Å². The van der Waals surface area contributed by atoms with Crippen molar-refractivity contribution in [2.24, 2.45) is 5.92 Å². The standard InChI is InChI=1S/C13H21ClFNO2S/c1-3-10-11(13(17)18-2)16-12(19-10)7-4-5-9(15)8(14)6-7/h7-12,16H,3-6H2,1-2H3. The molecular weight excluding hydrogens is 289 g/mol. The predicted molar refractivity (Wildman–Crippen MR) is 76.3 cm³/mol. The fraction of sp³-hybridized carbons (Fsp3) is 0.923. The summed E-state index contributed by atoms with van der Waals surface area (Å²) in [6.07, 6.45) is 2.06. The number of carbonyl (C=O) groups excluding carboxylic acids is 1. The van der Waals surface area contributed by atoms with Gasteiger partial charge < -0.3 is 4.74 Å². The van der Waals surface area contributed by atoms with Gasteiger partial charge in [0.2, 0.25) is 0 Å². The van der Waals surface area contributed by atoms with E-state index in [1.807, 2.05) is 0 Å². The van der Waals surface area contributed by atoms with Crippen molar-refractivity contribution in [3.63, 3.8) is 0 Å². The fourth-order valence-electron chi connectivity index (χ4n) is 2.90. The molecule has 0 amide bonds. The number of alkyl halides is 2. The zero-order valence-electron chi connectivity index (χ0n) is 11.3. The molecule has 1 heterocycles. The summed E-state index contributed by atoms with van der Waals surface area (Å²) in [5.41, 5.74) is 0. The second kappa shape index (κ2) is 6.64. The summed E-state index contributed by atoms with van der Waals surface area (Å²) in [5.74, 6) is 0.131. The van der Waals surface area contributed by atoms with Gasteiger partial charge in [-0.1, -0.05) is 6.92 Å². The van der Waals surface area contributed by atoms with Gasteiger partial charge in [0.1, 0.15) is 12.2 Å². The second-order valence-corrected chi connectivity index (χ2v) is 7.22. The molecule has 1 saturated heterocycles. The lowest BCUT2D eigenvalue weighted by Crippen LogP contribution is -2.44. The number of hydrogen-bond donors (Lipinski definition) is 1. The van der Waals surface area contributed by atoms with E-state index in [-0.39, 0.29) is 22.6 Å². The van der Waals surface area contributed by atoms with E-state index in [2.05, 4.69) is 12.2 Å². The summed E-state index contributed by atoms with van der Waals surface area (Å²) in [4.78, 5) is 11.7. The maximum atomic E-state index is 13.4. The molecule has 2 aliphatic rings. The zero-order valence-corrected chi connectivity index (χ0v) is 12.8. The van der Waals surface area contributed by atoms with Crippen LogP contribution in [0.2, 0.25) is 0 Å². The Morgan fingerprint density at radius 1 is 1.53 bits per heavy atom. The molecular formula is C13H21ClFNO2S. The van der Waals surface area contributed by atoms with Gasteiger partial charge in [0.15, 0.2) is 0 Å². The molecule has 0 aromatic carbocycles. The van der Waals surface area contributed by atoms with Crippen molar-refractivity contribution in [2.45, 2.75) is 60.8 Å². The predicted octanol–water partition coefficient (Wildman–Crippen LogP) is 2.71. The topological polar surface area (TPSA) is 38.3 Å². The highest BCUT2D eigenvalue weighted by atomic mass is 35.5. The number of thioether (sulfide) groups is 1. The van der Waals surface area contributed by atoms with Gasteiger partial charge in [0.05, 0.1) is 17.9 Å². The van der Waals surface area contributed by atoms with Crippen molar-refractivity contribution >= 4 is 29.3 Å². The van der Waals surface area contributed by atoms with Crippen molar-refractivity contribution in [1.82, 2.24) is 5.32 Å². The summed E-state index contributed by atoms with van der Waals surface area (Å²) < 4.78 is 18.2. The molecule has 0 aromatic rings. The van der Waals surface area contributed by atoms with Crippen LogP contribution in [0.25, 0.3) is 0 Å². The zero-order chi connectivity index (χ0) is 14.0. The minimum absolute atomic E-state index is 0.183. The first-order valence-corrected chi connectivity index (χ1v) is 8.22. The van der Waals surface area contributed by atoms with Gasteiger partial charge in [-0.2, -0.15) is 0 Å². The molecule has 1 aliphatic heterocycles. The van der Waals surface area contributed by atoms with Crippen LogP contribution in [0.5, 0.6) is 0 Å². The molecule has 110 valence electrons. The lowest BCUT2D eigenvalue weighted by atomic mass is 9.87. The molecule has 6 heteroatoms. The third-order valence-corrected chi connectivity index (χ3v) is 6.28. The molecule has 0 spiro atoms. The van der Waals surface area contributed by atoms with E-state index in [1.165, 1.54) is 7.11 Å². The van der Waals surface area contributed by atoms with Crippen LogP contribution in [-0.4, -0.2) is 41.3 Å². The fourth-order valence-corrected chi connectivity index (χ4v) is 4.87. The third-order valence-electron chi connectivity index (χ3n) is 4.06. The Morgan fingerprint density at radius 2 is 2.26 bits per heavy atom. The minimum Gasteiger partial charge on any atom is -0.468 e. The Labute approximate surface area is 123 Å². The number of methoxy groups -OCH3 is 1. The minimum atomic E-state index is -0.886. The van der Waals surface area contributed by atoms with Crippen LogP contribution in [0, 0.1) is 5.92 Å². The Hall–Kier alpha value is -0.000000000000000111. The molecule has 0 aromatic heterocycles. The molecule has 1 aliphatic carbocycles. The third kappa shape index (κ3) is 3.37. The van der Waals surface area contributed by atoms with Gasteiger partial charge in [0.25, 0.3) is 0 Å². The molecule has 1 N–H and O–H groups in total. The molecule has 3 nitrogen and oxygen atoms in total. The van der Waals surface area contributed by atoms with Crippen molar-refractivity contribution in [3.8, 4) is 0 Å². The number of esters is 1. The average Bonchev–Trinajstić information content (AvgIpc) is 2.85. The van der Waals surface area contributed by atoms with Crippen LogP contribution < -0.4 is 5.32 Å². The van der Waals surface area contributed by atoms with Gasteiger partial charge in [-0.3, -0.25) is 10.1 Å². The Bertz CT molecular complexity index is 334. The van der Waals surface area contributed by atoms with Crippen molar-refractivity contribution in [3.05, 3.63) is 0 Å². The monoisotopic (exact) mass is 309 g/mol. The van der Waals surface area contributed by atoms with E-state index in [0.29, 0.717) is 18.8 Å². The van der Waals surface area contributed by atoms with Gasteiger partial charge in [0, 0.05) is 5.25 Å². The van der Waals surface area contributed by atoms with E-state index in [9.17, 15) is 9.18 Å². The molecule has 6 unspecified atom stereocenters. The first kappa shape index (κ1) is 15.4. The second-order valence-electron chi connectivity index (χ2n) is 5.28. The summed E-state index contributed by atoms with van der Waals surface area (Å²) in [7, 11) is 1.41. The van der Waals surface area contributed by atoms with Gasteiger partial charge in [-0.05, 0) is 31.6 Å². The highest BCUT2D eigenvalue weighted by Crippen LogP contribution is 2.41. The summed E-state index contributed by atoms with van der Waals surface area (Å²) in [6, 6.07) is -0.248. The van der Waals surface area contributed by atoms with Gasteiger partial charge in [-0.15, -0.1) is 23.4 Å². The first-order valence-electron chi connectivity index (χ1n) is 6.84. The normalized spacial score (nSPS) is 43.2. The first-order chi connectivity index (χ1) is 9.06. The van der Waals surface area contributed by atoms with Gasteiger partial charge in [-0.25, -0.2) is 4.39 Å². The maximum Gasteiger partial charge on any atom is 0.324 e. The number of nitrogens with one attached hydrogen (secondary N) is 1. The summed E-state index contributed by atoms with van der Waals surface area (Å²) in [5, 5.41) is 3.38. The van der Waals surface area contributed by atoms with Crippen LogP contribution in [0.3, 0.4) is 0 Å². The van der Waals surface area contributed by atoms with Crippen molar-refractivity contribution in [2.75, 3.05) is 7.11 Å². The summed E-state index contributed by atoms with van der Waals surface area (Å²) in [6.45, 7) is 2.07. The lowest BCUT2D eigenvalue weighted by molar-refractivity contribution is -0.143. The smallest absolute Gasteiger partial charge is 0.324 e. The quantitative estimate of drug-likeness (QED) is 0.642. The highest BCUT2D eigenvalue weighted by molar-refractivity contribution is 8.00. The molecule has 19 heavy (non-hydrogen) atoms. The molecule has 0 radical (unpaired) electrons. The molecule has 2 fully saturated rings. The van der Waals surface area contributed by atoms with Crippen LogP contribution >= 0.6 is 23.4 Å². The number of carbonyl (C=O) groups is 1. The van der Waals surface area contributed by atoms with E-state index in [0.717, 1.165) is 12.8 Å². The van der Waals surface area contributed by atoms with Crippen LogP contribution in [0.1, 0.15) is 32.6 Å². The molecule has 1 saturated carbocycles. The molecule has 6 atom stereocenters. The Morgan fingerprint density at radius 3 is 2.84 bits per heavy atom. The SMILES string of the molecule is CCC1SC(C2CCC(F)C(Cl)C2)NC1C(=O)OC. The summed E-state index contributed by atoms with van der Waals surface area (Å²) >= 11 is 7.81. The van der Waals surface area contributed by atoms with Crippen LogP contribution in [0.4, 0.5) is 4.39 Å². The van der Waals surface area contributed by atoms with Gasteiger partial charge >= 0.3 is 5.97 Å². The molecule has 0 bridgehead atoms. The number of ether oxygens (including phenoxy) is 1. The van der Waals surface area contributed by atoms with Crippen molar-refractivity contribution in [1.29, 1.82) is 0 Å². The number of rotatable bonds is 3. The average molecular weight is 310 g/mol. The largest absolute Gasteiger partial charge is 0.468 e. The highest BCUT2D eigenvalue weighted by Gasteiger charge is 2.43. The van der Waals surface area contributed by atoms with Crippen LogP contribution in [0.15, 0.2) is 0 Å². The number of halogens is 2. The Balaban J connectivity index is 1.97. The molecule has 2 rings (SSSR count).